The molecule has 21 heavy (non-hydrogen) atoms. The molecule has 1 aliphatic heterocycles. The van der Waals surface area contributed by atoms with Crippen molar-refractivity contribution in [2.24, 2.45) is 0 Å². The van der Waals surface area contributed by atoms with E-state index in [2.05, 4.69) is 15.5 Å². The van der Waals surface area contributed by atoms with Crippen molar-refractivity contribution in [2.75, 3.05) is 25.1 Å². The van der Waals surface area contributed by atoms with Crippen molar-refractivity contribution in [1.29, 1.82) is 0 Å². The molecule has 2 heterocycles. The molecule has 112 valence electrons. The molecule has 0 atom stereocenters. The van der Waals surface area contributed by atoms with Gasteiger partial charge in [-0.2, -0.15) is 4.98 Å². The van der Waals surface area contributed by atoms with Crippen molar-refractivity contribution in [1.82, 2.24) is 10.1 Å². The molecule has 1 saturated heterocycles. The molecule has 0 aliphatic carbocycles. The maximum atomic E-state index is 5.94. The van der Waals surface area contributed by atoms with Gasteiger partial charge in [-0.1, -0.05) is 28.9 Å². The monoisotopic (exact) mass is 309 g/mol. The highest BCUT2D eigenvalue weighted by atomic mass is 35.5. The van der Waals surface area contributed by atoms with Crippen molar-refractivity contribution in [2.45, 2.75) is 19.1 Å². The number of benzene rings is 1. The summed E-state index contributed by atoms with van der Waals surface area (Å²) in [4.78, 5) is 4.28. The number of anilines is 1. The van der Waals surface area contributed by atoms with E-state index in [9.17, 15) is 0 Å². The zero-order valence-corrected chi connectivity index (χ0v) is 12.4. The quantitative estimate of drug-likeness (QED) is 0.915. The highest BCUT2D eigenvalue weighted by Crippen LogP contribution is 2.23. The summed E-state index contributed by atoms with van der Waals surface area (Å²) in [6, 6.07) is 7.68. The summed E-state index contributed by atoms with van der Waals surface area (Å²) < 4.78 is 16.2. The van der Waals surface area contributed by atoms with Crippen LogP contribution in [-0.4, -0.2) is 35.7 Å². The lowest BCUT2D eigenvalue weighted by molar-refractivity contribution is -0.144. The van der Waals surface area contributed by atoms with Crippen LogP contribution in [0.25, 0.3) is 11.4 Å². The third-order valence-corrected chi connectivity index (χ3v) is 3.50. The SMILES string of the molecule is CC1(CCNc2nc(-c3cccc(Cl)c3)no2)OCCO1. The first-order valence-electron chi connectivity index (χ1n) is 6.76. The van der Waals surface area contributed by atoms with Crippen molar-refractivity contribution >= 4 is 17.6 Å². The Bertz CT molecular complexity index is 611. The molecular weight excluding hydrogens is 294 g/mol. The number of nitrogens with zero attached hydrogens (tertiary/aromatic N) is 2. The first-order chi connectivity index (χ1) is 10.1. The lowest BCUT2D eigenvalue weighted by Gasteiger charge is -2.21. The van der Waals surface area contributed by atoms with Crippen LogP contribution in [0.2, 0.25) is 5.02 Å². The average Bonchev–Trinajstić information content (AvgIpc) is 3.09. The summed E-state index contributed by atoms with van der Waals surface area (Å²) in [7, 11) is 0. The highest BCUT2D eigenvalue weighted by molar-refractivity contribution is 6.30. The van der Waals surface area contributed by atoms with Crippen LogP contribution in [0, 0.1) is 0 Å². The van der Waals surface area contributed by atoms with Gasteiger partial charge in [-0.05, 0) is 19.1 Å². The Labute approximate surface area is 127 Å². The predicted molar refractivity (Wildman–Crippen MR) is 78.2 cm³/mol. The summed E-state index contributed by atoms with van der Waals surface area (Å²) >= 11 is 5.94. The van der Waals surface area contributed by atoms with E-state index in [1.807, 2.05) is 19.1 Å². The van der Waals surface area contributed by atoms with E-state index in [1.54, 1.807) is 12.1 Å². The average molecular weight is 310 g/mol. The Kier molecular flexibility index (Phi) is 4.10. The molecule has 6 nitrogen and oxygen atoms in total. The first-order valence-corrected chi connectivity index (χ1v) is 7.14. The van der Waals surface area contributed by atoms with E-state index >= 15 is 0 Å². The zero-order chi connectivity index (χ0) is 14.7. The van der Waals surface area contributed by atoms with Crippen molar-refractivity contribution < 1.29 is 14.0 Å². The highest BCUT2D eigenvalue weighted by Gasteiger charge is 2.30. The molecule has 0 amide bonds. The summed E-state index contributed by atoms with van der Waals surface area (Å²) in [6.45, 7) is 3.81. The summed E-state index contributed by atoms with van der Waals surface area (Å²) in [5, 5.41) is 7.63. The van der Waals surface area contributed by atoms with E-state index < -0.39 is 5.79 Å². The number of rotatable bonds is 5. The molecule has 0 spiro atoms. The largest absolute Gasteiger partial charge is 0.348 e. The fourth-order valence-corrected chi connectivity index (χ4v) is 2.33. The lowest BCUT2D eigenvalue weighted by Crippen LogP contribution is -2.28. The maximum Gasteiger partial charge on any atom is 0.321 e. The second-order valence-electron chi connectivity index (χ2n) is 4.94. The Balaban J connectivity index is 1.58. The predicted octanol–water partition coefficient (Wildman–Crippen LogP) is 2.96. The number of ether oxygens (including phenoxy) is 2. The molecule has 0 saturated carbocycles. The van der Waals surface area contributed by atoms with Crippen LogP contribution in [0.3, 0.4) is 0 Å². The molecular formula is C14H16ClN3O3. The van der Waals surface area contributed by atoms with Gasteiger partial charge in [0.15, 0.2) is 5.79 Å². The Morgan fingerprint density at radius 3 is 2.90 bits per heavy atom. The lowest BCUT2D eigenvalue weighted by atomic mass is 10.2. The summed E-state index contributed by atoms with van der Waals surface area (Å²) in [5.41, 5.74) is 0.814. The van der Waals surface area contributed by atoms with Crippen LogP contribution < -0.4 is 5.32 Å². The second-order valence-corrected chi connectivity index (χ2v) is 5.38. The Hall–Kier alpha value is -1.63. The molecule has 2 aromatic rings. The van der Waals surface area contributed by atoms with Gasteiger partial charge in [0.1, 0.15) is 0 Å². The van der Waals surface area contributed by atoms with Crippen molar-refractivity contribution in [3.05, 3.63) is 29.3 Å². The number of nitrogens with one attached hydrogen (secondary N) is 1. The molecule has 1 aliphatic rings. The maximum absolute atomic E-state index is 5.94. The number of aromatic nitrogens is 2. The van der Waals surface area contributed by atoms with Crippen molar-refractivity contribution in [3.8, 4) is 11.4 Å². The molecule has 0 unspecified atom stereocenters. The van der Waals surface area contributed by atoms with E-state index in [-0.39, 0.29) is 0 Å². The standard InChI is InChI=1S/C14H16ClN3O3/c1-14(19-7-8-20-14)5-6-16-13-17-12(18-21-13)10-3-2-4-11(15)9-10/h2-4,9H,5-8H2,1H3,(H,16,17,18). The smallest absolute Gasteiger partial charge is 0.321 e. The number of hydrogen-bond acceptors (Lipinski definition) is 6. The Morgan fingerprint density at radius 2 is 2.14 bits per heavy atom. The van der Waals surface area contributed by atoms with Crippen molar-refractivity contribution in [3.63, 3.8) is 0 Å². The molecule has 1 N–H and O–H groups in total. The van der Waals surface area contributed by atoms with Gasteiger partial charge in [-0.3, -0.25) is 0 Å². The third-order valence-electron chi connectivity index (χ3n) is 3.26. The molecule has 7 heteroatoms. The first kappa shape index (κ1) is 14.3. The molecule has 1 aromatic heterocycles. The number of halogens is 1. The van der Waals surface area contributed by atoms with Gasteiger partial charge in [0.25, 0.3) is 0 Å². The van der Waals surface area contributed by atoms with Crippen LogP contribution in [0.4, 0.5) is 6.01 Å². The van der Waals surface area contributed by atoms with Gasteiger partial charge >= 0.3 is 6.01 Å². The van der Waals surface area contributed by atoms with Crippen LogP contribution in [0.1, 0.15) is 13.3 Å². The van der Waals surface area contributed by atoms with Crippen LogP contribution >= 0.6 is 11.6 Å². The molecule has 1 aromatic carbocycles. The summed E-state index contributed by atoms with van der Waals surface area (Å²) in [6.07, 6.45) is 0.696. The van der Waals surface area contributed by atoms with E-state index in [0.29, 0.717) is 43.0 Å². The molecule has 0 bridgehead atoms. The fraction of sp³-hybridized carbons (Fsp3) is 0.429. The van der Waals surface area contributed by atoms with E-state index in [4.69, 9.17) is 25.6 Å². The number of hydrogen-bond donors (Lipinski definition) is 1. The van der Waals surface area contributed by atoms with Gasteiger partial charge < -0.3 is 19.3 Å². The normalized spacial score (nSPS) is 17.0. The van der Waals surface area contributed by atoms with Gasteiger partial charge in [-0.25, -0.2) is 0 Å². The third kappa shape index (κ3) is 3.53. The molecule has 3 rings (SSSR count). The van der Waals surface area contributed by atoms with Gasteiger partial charge in [0, 0.05) is 23.6 Å². The fourth-order valence-electron chi connectivity index (χ4n) is 2.14. The minimum absolute atomic E-state index is 0.367. The minimum atomic E-state index is -0.525. The van der Waals surface area contributed by atoms with Gasteiger partial charge in [0.05, 0.1) is 13.2 Å². The minimum Gasteiger partial charge on any atom is -0.348 e. The molecule has 0 radical (unpaired) electrons. The van der Waals surface area contributed by atoms with Crippen LogP contribution in [-0.2, 0) is 9.47 Å². The molecule has 1 fully saturated rings. The van der Waals surface area contributed by atoms with Gasteiger partial charge in [-0.15, -0.1) is 0 Å². The van der Waals surface area contributed by atoms with Crippen LogP contribution in [0.15, 0.2) is 28.8 Å². The van der Waals surface area contributed by atoms with E-state index in [0.717, 1.165) is 5.56 Å². The van der Waals surface area contributed by atoms with Crippen LogP contribution in [0.5, 0.6) is 0 Å². The Morgan fingerprint density at radius 1 is 1.33 bits per heavy atom. The summed E-state index contributed by atoms with van der Waals surface area (Å²) in [5.74, 6) is -0.0254. The topological polar surface area (TPSA) is 69.4 Å². The van der Waals surface area contributed by atoms with Gasteiger partial charge in [0.2, 0.25) is 5.82 Å². The second kappa shape index (κ2) is 6.01. The zero-order valence-electron chi connectivity index (χ0n) is 11.6. The van der Waals surface area contributed by atoms with E-state index in [1.165, 1.54) is 0 Å².